The molecular formula is C19H27ClN2O. The summed E-state index contributed by atoms with van der Waals surface area (Å²) in [7, 11) is 0. The van der Waals surface area contributed by atoms with Crippen LogP contribution < -0.4 is 5.32 Å². The highest BCUT2D eigenvalue weighted by Crippen LogP contribution is 2.34. The number of hydrogen-bond acceptors (Lipinski definition) is 2. The molecule has 23 heavy (non-hydrogen) atoms. The SMILES string of the molecule is CC(C)CN1C2CCCC1CC(NC(=O)c1cccc(Cl)c1)C2. The molecule has 0 saturated carbocycles. The zero-order valence-electron chi connectivity index (χ0n) is 14.1. The van der Waals surface area contributed by atoms with Crippen LogP contribution in [0.15, 0.2) is 24.3 Å². The van der Waals surface area contributed by atoms with Gasteiger partial charge in [-0.05, 0) is 49.8 Å². The summed E-state index contributed by atoms with van der Waals surface area (Å²) in [6, 6.07) is 8.76. The van der Waals surface area contributed by atoms with Crippen LogP contribution in [0.25, 0.3) is 0 Å². The summed E-state index contributed by atoms with van der Waals surface area (Å²) in [6.45, 7) is 5.77. The van der Waals surface area contributed by atoms with Crippen molar-refractivity contribution in [3.05, 3.63) is 34.9 Å². The van der Waals surface area contributed by atoms with E-state index in [-0.39, 0.29) is 5.91 Å². The highest BCUT2D eigenvalue weighted by Gasteiger charge is 2.38. The van der Waals surface area contributed by atoms with Crippen LogP contribution in [0.3, 0.4) is 0 Å². The second kappa shape index (κ2) is 7.23. The summed E-state index contributed by atoms with van der Waals surface area (Å²) in [5.41, 5.74) is 0.660. The van der Waals surface area contributed by atoms with E-state index in [1.807, 2.05) is 12.1 Å². The Morgan fingerprint density at radius 1 is 1.30 bits per heavy atom. The van der Waals surface area contributed by atoms with Crippen LogP contribution in [0.5, 0.6) is 0 Å². The Labute approximate surface area is 144 Å². The molecule has 2 fully saturated rings. The topological polar surface area (TPSA) is 32.3 Å². The van der Waals surface area contributed by atoms with Gasteiger partial charge in [0.15, 0.2) is 0 Å². The number of carbonyl (C=O) groups excluding carboxylic acids is 1. The van der Waals surface area contributed by atoms with Gasteiger partial charge in [0.1, 0.15) is 0 Å². The summed E-state index contributed by atoms with van der Waals surface area (Å²) in [5.74, 6) is 0.712. The van der Waals surface area contributed by atoms with E-state index in [2.05, 4.69) is 24.1 Å². The molecular weight excluding hydrogens is 308 g/mol. The van der Waals surface area contributed by atoms with Crippen molar-refractivity contribution >= 4 is 17.5 Å². The Morgan fingerprint density at radius 3 is 2.61 bits per heavy atom. The number of fused-ring (bicyclic) bond motifs is 2. The molecule has 2 bridgehead atoms. The minimum absolute atomic E-state index is 0.00730. The van der Waals surface area contributed by atoms with E-state index in [1.165, 1.54) is 25.8 Å². The van der Waals surface area contributed by atoms with Gasteiger partial charge >= 0.3 is 0 Å². The third-order valence-electron chi connectivity index (χ3n) is 5.12. The molecule has 0 aromatic heterocycles. The summed E-state index contributed by atoms with van der Waals surface area (Å²) >= 11 is 5.99. The second-order valence-corrected chi connectivity index (χ2v) is 7.92. The van der Waals surface area contributed by atoms with Gasteiger partial charge in [0.2, 0.25) is 0 Å². The first-order valence-electron chi connectivity index (χ1n) is 8.85. The monoisotopic (exact) mass is 334 g/mol. The first kappa shape index (κ1) is 16.8. The van der Waals surface area contributed by atoms with E-state index >= 15 is 0 Å². The van der Waals surface area contributed by atoms with Crippen LogP contribution in [0, 0.1) is 5.92 Å². The molecule has 4 heteroatoms. The number of rotatable bonds is 4. The minimum Gasteiger partial charge on any atom is -0.349 e. The number of amides is 1. The second-order valence-electron chi connectivity index (χ2n) is 7.48. The number of nitrogens with one attached hydrogen (secondary N) is 1. The number of nitrogens with zero attached hydrogens (tertiary/aromatic N) is 1. The van der Waals surface area contributed by atoms with E-state index in [9.17, 15) is 4.79 Å². The van der Waals surface area contributed by atoms with Crippen molar-refractivity contribution in [3.63, 3.8) is 0 Å². The van der Waals surface area contributed by atoms with Gasteiger partial charge in [-0.2, -0.15) is 0 Å². The lowest BCUT2D eigenvalue weighted by atomic mass is 9.81. The van der Waals surface area contributed by atoms with E-state index in [1.54, 1.807) is 12.1 Å². The quantitative estimate of drug-likeness (QED) is 0.898. The Hall–Kier alpha value is -1.06. The lowest BCUT2D eigenvalue weighted by Gasteiger charge is -2.49. The summed E-state index contributed by atoms with van der Waals surface area (Å²) < 4.78 is 0. The fourth-order valence-corrected chi connectivity index (χ4v) is 4.40. The first-order valence-corrected chi connectivity index (χ1v) is 9.23. The third kappa shape index (κ3) is 4.07. The Bertz CT molecular complexity index is 546. The number of halogens is 1. The highest BCUT2D eigenvalue weighted by atomic mass is 35.5. The molecule has 1 N–H and O–H groups in total. The molecule has 2 unspecified atom stereocenters. The third-order valence-corrected chi connectivity index (χ3v) is 5.36. The molecule has 126 valence electrons. The summed E-state index contributed by atoms with van der Waals surface area (Å²) in [6.07, 6.45) is 6.03. The standard InChI is InChI=1S/C19H27ClN2O/c1-13(2)12-22-17-7-4-8-18(22)11-16(10-17)21-19(23)14-5-3-6-15(20)9-14/h3,5-6,9,13,16-18H,4,7-8,10-12H2,1-2H3,(H,21,23). The molecule has 2 atom stereocenters. The maximum atomic E-state index is 12.5. The zero-order chi connectivity index (χ0) is 16.4. The molecule has 2 heterocycles. The van der Waals surface area contributed by atoms with Crippen molar-refractivity contribution in [1.82, 2.24) is 10.2 Å². The molecule has 1 amide bonds. The van der Waals surface area contributed by atoms with E-state index in [0.29, 0.717) is 34.6 Å². The molecule has 3 nitrogen and oxygen atoms in total. The van der Waals surface area contributed by atoms with Crippen LogP contribution in [0.4, 0.5) is 0 Å². The number of hydrogen-bond donors (Lipinski definition) is 1. The van der Waals surface area contributed by atoms with Crippen molar-refractivity contribution in [2.45, 2.75) is 64.1 Å². The zero-order valence-corrected chi connectivity index (χ0v) is 14.9. The van der Waals surface area contributed by atoms with Crippen LogP contribution >= 0.6 is 11.6 Å². The molecule has 0 radical (unpaired) electrons. The number of carbonyl (C=O) groups is 1. The van der Waals surface area contributed by atoms with Gasteiger partial charge in [0, 0.05) is 35.3 Å². The summed E-state index contributed by atoms with van der Waals surface area (Å²) in [5, 5.41) is 3.85. The van der Waals surface area contributed by atoms with Gasteiger partial charge in [-0.3, -0.25) is 9.69 Å². The van der Waals surface area contributed by atoms with Crippen LogP contribution in [-0.2, 0) is 0 Å². The number of benzene rings is 1. The van der Waals surface area contributed by atoms with Gasteiger partial charge in [-0.15, -0.1) is 0 Å². The van der Waals surface area contributed by atoms with Crippen LogP contribution in [0.1, 0.15) is 56.3 Å². The van der Waals surface area contributed by atoms with Crippen LogP contribution in [0.2, 0.25) is 5.02 Å². The number of piperidine rings is 2. The fraction of sp³-hybridized carbons (Fsp3) is 0.632. The molecule has 1 aromatic rings. The van der Waals surface area contributed by atoms with Gasteiger partial charge in [0.25, 0.3) is 5.91 Å². The Balaban J connectivity index is 1.63. The summed E-state index contributed by atoms with van der Waals surface area (Å²) in [4.78, 5) is 15.2. The first-order chi connectivity index (χ1) is 11.0. The maximum Gasteiger partial charge on any atom is 0.251 e. The minimum atomic E-state index is 0.00730. The normalized spacial score (nSPS) is 27.9. The molecule has 1 aromatic carbocycles. The lowest BCUT2D eigenvalue weighted by Crippen LogP contribution is -2.57. The maximum absolute atomic E-state index is 12.5. The average Bonchev–Trinajstić information content (AvgIpc) is 2.47. The largest absolute Gasteiger partial charge is 0.349 e. The van der Waals surface area contributed by atoms with Crippen LogP contribution in [-0.4, -0.2) is 35.5 Å². The molecule has 2 aliphatic rings. The van der Waals surface area contributed by atoms with E-state index in [0.717, 1.165) is 12.8 Å². The molecule has 2 aliphatic heterocycles. The van der Waals surface area contributed by atoms with Gasteiger partial charge in [-0.25, -0.2) is 0 Å². The van der Waals surface area contributed by atoms with E-state index in [4.69, 9.17) is 11.6 Å². The predicted octanol–water partition coefficient (Wildman–Crippen LogP) is 4.11. The fourth-order valence-electron chi connectivity index (χ4n) is 4.21. The molecule has 2 saturated heterocycles. The van der Waals surface area contributed by atoms with Gasteiger partial charge in [0.05, 0.1) is 0 Å². The molecule has 0 aliphatic carbocycles. The molecule has 0 spiro atoms. The van der Waals surface area contributed by atoms with Crippen molar-refractivity contribution in [2.75, 3.05) is 6.54 Å². The smallest absolute Gasteiger partial charge is 0.251 e. The van der Waals surface area contributed by atoms with Gasteiger partial charge in [-0.1, -0.05) is 37.9 Å². The predicted molar refractivity (Wildman–Crippen MR) is 94.9 cm³/mol. The van der Waals surface area contributed by atoms with Crippen molar-refractivity contribution in [2.24, 2.45) is 5.92 Å². The van der Waals surface area contributed by atoms with Gasteiger partial charge < -0.3 is 5.32 Å². The molecule has 3 rings (SSSR count). The van der Waals surface area contributed by atoms with E-state index < -0.39 is 0 Å². The average molecular weight is 335 g/mol. The van der Waals surface area contributed by atoms with Crippen molar-refractivity contribution in [3.8, 4) is 0 Å². The Morgan fingerprint density at radius 2 is 2.00 bits per heavy atom. The highest BCUT2D eigenvalue weighted by molar-refractivity contribution is 6.30. The van der Waals surface area contributed by atoms with Crippen molar-refractivity contribution in [1.29, 1.82) is 0 Å². The lowest BCUT2D eigenvalue weighted by molar-refractivity contribution is 0.0158. The Kier molecular flexibility index (Phi) is 5.27. The van der Waals surface area contributed by atoms with Crippen molar-refractivity contribution < 1.29 is 4.79 Å².